The summed E-state index contributed by atoms with van der Waals surface area (Å²) in [4.78, 5) is 0.221. The highest BCUT2D eigenvalue weighted by Gasteiger charge is 2.33. The highest BCUT2D eigenvalue weighted by molar-refractivity contribution is 7.89. The second kappa shape index (κ2) is 7.35. The summed E-state index contributed by atoms with van der Waals surface area (Å²) in [5.41, 5.74) is 0. The van der Waals surface area contributed by atoms with E-state index in [2.05, 4.69) is 22.1 Å². The van der Waals surface area contributed by atoms with Crippen LogP contribution in [0.5, 0.6) is 0 Å². The molecule has 1 aliphatic carbocycles. The zero-order valence-electron chi connectivity index (χ0n) is 12.6. The molecule has 8 heteroatoms. The van der Waals surface area contributed by atoms with E-state index in [0.717, 1.165) is 32.4 Å². The van der Waals surface area contributed by atoms with Gasteiger partial charge in [-0.1, -0.05) is 6.92 Å². The topological polar surface area (TPSA) is 85.2 Å². The quantitative estimate of drug-likeness (QED) is 0.642. The third-order valence-electron chi connectivity index (χ3n) is 3.61. The van der Waals surface area contributed by atoms with Crippen molar-refractivity contribution in [3.8, 4) is 0 Å². The highest BCUT2D eigenvalue weighted by Crippen LogP contribution is 2.24. The first kappa shape index (κ1) is 16.4. The van der Waals surface area contributed by atoms with Crippen LogP contribution in [0.3, 0.4) is 0 Å². The van der Waals surface area contributed by atoms with Crippen LogP contribution in [0.1, 0.15) is 26.2 Å². The van der Waals surface area contributed by atoms with Crippen molar-refractivity contribution >= 4 is 10.0 Å². The first-order chi connectivity index (χ1) is 10.0. The summed E-state index contributed by atoms with van der Waals surface area (Å²) in [7, 11) is -1.83. The summed E-state index contributed by atoms with van der Waals surface area (Å²) in [6.07, 6.45) is 5.67. The fourth-order valence-corrected chi connectivity index (χ4v) is 3.46. The van der Waals surface area contributed by atoms with E-state index < -0.39 is 10.0 Å². The fourth-order valence-electron chi connectivity index (χ4n) is 2.24. The lowest BCUT2D eigenvalue weighted by molar-refractivity contribution is 0.0236. The molecule has 1 fully saturated rings. The lowest BCUT2D eigenvalue weighted by atomic mass is 9.90. The number of nitrogens with one attached hydrogen (secondary N) is 2. The third-order valence-corrected chi connectivity index (χ3v) is 5.09. The van der Waals surface area contributed by atoms with Gasteiger partial charge in [-0.15, -0.1) is 0 Å². The predicted molar refractivity (Wildman–Crippen MR) is 79.5 cm³/mol. The SMILES string of the molecule is CCCNCCn1cc(S(=O)(=O)NC2CC(OC)C2)cn1. The predicted octanol–water partition coefficient (Wildman–Crippen LogP) is 0.338. The van der Waals surface area contributed by atoms with Crippen molar-refractivity contribution in [2.75, 3.05) is 20.2 Å². The van der Waals surface area contributed by atoms with Crippen LogP contribution in [0, 0.1) is 0 Å². The molecular weight excluding hydrogens is 292 g/mol. The third kappa shape index (κ3) is 4.50. The van der Waals surface area contributed by atoms with Gasteiger partial charge < -0.3 is 10.1 Å². The zero-order chi connectivity index (χ0) is 15.3. The Morgan fingerprint density at radius 1 is 1.43 bits per heavy atom. The van der Waals surface area contributed by atoms with Crippen LogP contribution in [-0.4, -0.2) is 50.5 Å². The molecule has 0 amide bonds. The maximum atomic E-state index is 12.2. The molecular formula is C13H24N4O3S. The summed E-state index contributed by atoms with van der Waals surface area (Å²) in [5.74, 6) is 0. The molecule has 0 atom stereocenters. The number of hydrogen-bond acceptors (Lipinski definition) is 5. The minimum absolute atomic E-state index is 0.0329. The summed E-state index contributed by atoms with van der Waals surface area (Å²) >= 11 is 0. The molecule has 1 aromatic heterocycles. The largest absolute Gasteiger partial charge is 0.381 e. The van der Waals surface area contributed by atoms with Gasteiger partial charge in [0.1, 0.15) is 4.90 Å². The zero-order valence-corrected chi connectivity index (χ0v) is 13.4. The van der Waals surface area contributed by atoms with Gasteiger partial charge in [-0.2, -0.15) is 5.10 Å². The molecule has 120 valence electrons. The molecule has 7 nitrogen and oxygen atoms in total. The summed E-state index contributed by atoms with van der Waals surface area (Å²) in [5, 5.41) is 7.35. The minimum atomic E-state index is -3.48. The standard InChI is InChI=1S/C13H24N4O3S/c1-3-4-14-5-6-17-10-13(9-15-17)21(18,19)16-11-7-12(8-11)20-2/h9-12,14,16H,3-8H2,1-2H3. The highest BCUT2D eigenvalue weighted by atomic mass is 32.2. The van der Waals surface area contributed by atoms with E-state index in [1.807, 2.05) is 0 Å². The number of sulfonamides is 1. The molecule has 21 heavy (non-hydrogen) atoms. The van der Waals surface area contributed by atoms with E-state index in [1.54, 1.807) is 18.0 Å². The van der Waals surface area contributed by atoms with E-state index >= 15 is 0 Å². The van der Waals surface area contributed by atoms with Gasteiger partial charge in [-0.05, 0) is 25.8 Å². The second-order valence-corrected chi connectivity index (χ2v) is 7.05. The molecule has 1 aliphatic rings. The van der Waals surface area contributed by atoms with Gasteiger partial charge in [0, 0.05) is 25.9 Å². The molecule has 0 unspecified atom stereocenters. The maximum absolute atomic E-state index is 12.2. The normalized spacial score (nSPS) is 22.2. The first-order valence-corrected chi connectivity index (χ1v) is 8.81. The minimum Gasteiger partial charge on any atom is -0.381 e. The molecule has 1 saturated carbocycles. The van der Waals surface area contributed by atoms with Crippen molar-refractivity contribution in [3.05, 3.63) is 12.4 Å². The Morgan fingerprint density at radius 3 is 2.86 bits per heavy atom. The molecule has 0 aromatic carbocycles. The van der Waals surface area contributed by atoms with Crippen molar-refractivity contribution in [1.82, 2.24) is 19.8 Å². The maximum Gasteiger partial charge on any atom is 0.243 e. The van der Waals surface area contributed by atoms with Gasteiger partial charge in [0.25, 0.3) is 0 Å². The summed E-state index contributed by atoms with van der Waals surface area (Å²) < 4.78 is 33.9. The molecule has 2 rings (SSSR count). The van der Waals surface area contributed by atoms with Crippen LogP contribution in [0.25, 0.3) is 0 Å². The van der Waals surface area contributed by atoms with E-state index in [4.69, 9.17) is 4.74 Å². The molecule has 0 saturated heterocycles. The van der Waals surface area contributed by atoms with Crippen LogP contribution < -0.4 is 10.0 Å². The number of aromatic nitrogens is 2. The number of ether oxygens (including phenoxy) is 1. The summed E-state index contributed by atoms with van der Waals surface area (Å²) in [6.45, 7) is 4.49. The molecule has 0 spiro atoms. The van der Waals surface area contributed by atoms with Crippen LogP contribution in [0.4, 0.5) is 0 Å². The van der Waals surface area contributed by atoms with Crippen molar-refractivity contribution in [3.63, 3.8) is 0 Å². The van der Waals surface area contributed by atoms with E-state index in [0.29, 0.717) is 6.54 Å². The van der Waals surface area contributed by atoms with Crippen LogP contribution in [0.2, 0.25) is 0 Å². The first-order valence-electron chi connectivity index (χ1n) is 7.33. The van der Waals surface area contributed by atoms with Crippen LogP contribution in [0.15, 0.2) is 17.3 Å². The van der Waals surface area contributed by atoms with Gasteiger partial charge in [-0.25, -0.2) is 13.1 Å². The Bertz CT molecular complexity index is 537. The smallest absolute Gasteiger partial charge is 0.243 e. The monoisotopic (exact) mass is 316 g/mol. The van der Waals surface area contributed by atoms with Gasteiger partial charge in [-0.3, -0.25) is 4.68 Å². The van der Waals surface area contributed by atoms with Crippen molar-refractivity contribution in [1.29, 1.82) is 0 Å². The molecule has 0 bridgehead atoms. The fraction of sp³-hybridized carbons (Fsp3) is 0.769. The average Bonchev–Trinajstić information content (AvgIpc) is 2.88. The van der Waals surface area contributed by atoms with Crippen molar-refractivity contribution in [2.24, 2.45) is 0 Å². The van der Waals surface area contributed by atoms with Crippen molar-refractivity contribution < 1.29 is 13.2 Å². The Balaban J connectivity index is 1.84. The lowest BCUT2D eigenvalue weighted by Crippen LogP contribution is -2.47. The van der Waals surface area contributed by atoms with Crippen LogP contribution in [-0.2, 0) is 21.3 Å². The van der Waals surface area contributed by atoms with Crippen molar-refractivity contribution in [2.45, 2.75) is 49.8 Å². The Morgan fingerprint density at radius 2 is 2.19 bits per heavy atom. The molecule has 1 heterocycles. The number of methoxy groups -OCH3 is 1. The lowest BCUT2D eigenvalue weighted by Gasteiger charge is -2.34. The second-order valence-electron chi connectivity index (χ2n) is 5.34. The van der Waals surface area contributed by atoms with Crippen LogP contribution >= 0.6 is 0 Å². The molecule has 1 aromatic rings. The number of hydrogen-bond donors (Lipinski definition) is 2. The Kier molecular flexibility index (Phi) is 5.74. The van der Waals surface area contributed by atoms with Gasteiger partial charge in [0.05, 0.1) is 18.8 Å². The number of rotatable bonds is 9. The van der Waals surface area contributed by atoms with E-state index in [-0.39, 0.29) is 17.0 Å². The molecule has 2 N–H and O–H groups in total. The average molecular weight is 316 g/mol. The molecule has 0 radical (unpaired) electrons. The van der Waals surface area contributed by atoms with Gasteiger partial charge >= 0.3 is 0 Å². The summed E-state index contributed by atoms with van der Waals surface area (Å²) in [6, 6.07) is -0.0329. The number of nitrogens with zero attached hydrogens (tertiary/aromatic N) is 2. The Labute approximate surface area is 126 Å². The van der Waals surface area contributed by atoms with E-state index in [1.165, 1.54) is 6.20 Å². The Hall–Kier alpha value is -0.960. The molecule has 0 aliphatic heterocycles. The van der Waals surface area contributed by atoms with Gasteiger partial charge in [0.2, 0.25) is 10.0 Å². The van der Waals surface area contributed by atoms with E-state index in [9.17, 15) is 8.42 Å². The van der Waals surface area contributed by atoms with Gasteiger partial charge in [0.15, 0.2) is 0 Å².